The molecule has 7 heteroatoms. The van der Waals surface area contributed by atoms with Gasteiger partial charge in [-0.25, -0.2) is 0 Å². The molecule has 0 radical (unpaired) electrons. The number of hydrogen-bond acceptors (Lipinski definition) is 5. The number of aromatic nitrogens is 2. The molecule has 0 saturated heterocycles. The molecule has 2 amide bonds. The average molecular weight is 370 g/mol. The van der Waals surface area contributed by atoms with Gasteiger partial charge in [0.25, 0.3) is 11.8 Å². The van der Waals surface area contributed by atoms with Gasteiger partial charge >= 0.3 is 0 Å². The Labute approximate surface area is 156 Å². The molecule has 1 aromatic carbocycles. The third-order valence-electron chi connectivity index (χ3n) is 4.82. The fourth-order valence-electron chi connectivity index (χ4n) is 2.94. The predicted molar refractivity (Wildman–Crippen MR) is 99.1 cm³/mol. The third kappa shape index (κ3) is 3.77. The summed E-state index contributed by atoms with van der Waals surface area (Å²) in [5, 5.41) is 7.05. The van der Waals surface area contributed by atoms with Crippen LogP contribution >= 0.6 is 11.5 Å². The summed E-state index contributed by atoms with van der Waals surface area (Å²) in [6, 6.07) is 8.22. The van der Waals surface area contributed by atoms with Crippen molar-refractivity contribution in [3.05, 3.63) is 46.0 Å². The number of carbonyl (C=O) groups excluding carboxylic acids is 2. The van der Waals surface area contributed by atoms with Crippen molar-refractivity contribution in [2.75, 3.05) is 0 Å². The van der Waals surface area contributed by atoms with Crippen LogP contribution in [0.15, 0.2) is 24.3 Å². The largest absolute Gasteiger partial charge is 0.349 e. The summed E-state index contributed by atoms with van der Waals surface area (Å²) < 4.78 is 3.94. The molecular formula is C19H22N4O2S. The lowest BCUT2D eigenvalue weighted by Crippen LogP contribution is -2.32. The summed E-state index contributed by atoms with van der Waals surface area (Å²) >= 11 is 1.18. The zero-order valence-electron chi connectivity index (χ0n) is 14.8. The van der Waals surface area contributed by atoms with Crippen molar-refractivity contribution < 1.29 is 9.59 Å². The predicted octanol–water partition coefficient (Wildman–Crippen LogP) is 2.80. The van der Waals surface area contributed by atoms with Crippen LogP contribution in [0, 0.1) is 0 Å². The maximum atomic E-state index is 13.0. The Bertz CT molecular complexity index is 809. The van der Waals surface area contributed by atoms with E-state index in [-0.39, 0.29) is 11.8 Å². The van der Waals surface area contributed by atoms with Crippen molar-refractivity contribution in [3.8, 4) is 0 Å². The van der Waals surface area contributed by atoms with Gasteiger partial charge in [0, 0.05) is 24.2 Å². The van der Waals surface area contributed by atoms with Crippen LogP contribution < -0.4 is 5.32 Å². The van der Waals surface area contributed by atoms with Crippen molar-refractivity contribution in [1.29, 1.82) is 0 Å². The molecule has 6 nitrogen and oxygen atoms in total. The molecule has 1 N–H and O–H groups in total. The summed E-state index contributed by atoms with van der Waals surface area (Å²) in [6.45, 7) is 2.54. The van der Waals surface area contributed by atoms with Gasteiger partial charge < -0.3 is 10.2 Å². The molecule has 0 spiro atoms. The molecule has 0 aliphatic heterocycles. The zero-order valence-corrected chi connectivity index (χ0v) is 15.6. The van der Waals surface area contributed by atoms with Gasteiger partial charge in [0.15, 0.2) is 0 Å². The highest BCUT2D eigenvalue weighted by Crippen LogP contribution is 2.31. The van der Waals surface area contributed by atoms with Gasteiger partial charge in [-0.3, -0.25) is 9.59 Å². The SMILES string of the molecule is CCc1nnsc1C(=O)N(Cc1ccc(C(=O)NC2CC2)cc1)C1CC1. The van der Waals surface area contributed by atoms with Crippen LogP contribution in [-0.4, -0.2) is 38.4 Å². The lowest BCUT2D eigenvalue weighted by Gasteiger charge is -2.22. The van der Waals surface area contributed by atoms with Gasteiger partial charge in [-0.2, -0.15) is 0 Å². The standard InChI is InChI=1S/C19H22N4O2S/c1-2-16-17(26-22-21-16)19(25)23(15-9-10-15)11-12-3-5-13(6-4-12)18(24)20-14-7-8-14/h3-6,14-15H,2,7-11H2,1H3,(H,20,24). The van der Waals surface area contributed by atoms with E-state index in [2.05, 4.69) is 14.9 Å². The minimum absolute atomic E-state index is 0.0162. The van der Waals surface area contributed by atoms with Crippen molar-refractivity contribution in [3.63, 3.8) is 0 Å². The first kappa shape index (κ1) is 17.1. The van der Waals surface area contributed by atoms with Crippen LogP contribution in [-0.2, 0) is 13.0 Å². The second-order valence-corrected chi connectivity index (χ2v) is 7.77. The molecule has 2 fully saturated rings. The lowest BCUT2D eigenvalue weighted by molar-refractivity contribution is 0.0733. The van der Waals surface area contributed by atoms with Crippen LogP contribution in [0.3, 0.4) is 0 Å². The normalized spacial score (nSPS) is 16.3. The summed E-state index contributed by atoms with van der Waals surface area (Å²) in [6.07, 6.45) is 4.95. The molecule has 0 bridgehead atoms. The van der Waals surface area contributed by atoms with Crippen LogP contribution in [0.4, 0.5) is 0 Å². The molecule has 26 heavy (non-hydrogen) atoms. The Morgan fingerprint density at radius 3 is 2.54 bits per heavy atom. The molecule has 0 unspecified atom stereocenters. The molecule has 1 aromatic heterocycles. The molecule has 2 aliphatic carbocycles. The van der Waals surface area contributed by atoms with Crippen molar-refractivity contribution >= 4 is 23.3 Å². The Balaban J connectivity index is 1.46. The van der Waals surface area contributed by atoms with E-state index in [1.807, 2.05) is 36.1 Å². The maximum absolute atomic E-state index is 13.0. The summed E-state index contributed by atoms with van der Waals surface area (Å²) in [4.78, 5) is 27.6. The van der Waals surface area contributed by atoms with E-state index >= 15 is 0 Å². The number of nitrogens with zero attached hydrogens (tertiary/aromatic N) is 3. The second-order valence-electron chi connectivity index (χ2n) is 7.01. The van der Waals surface area contributed by atoms with Gasteiger partial charge in [-0.1, -0.05) is 23.5 Å². The van der Waals surface area contributed by atoms with E-state index in [0.29, 0.717) is 35.5 Å². The summed E-state index contributed by atoms with van der Waals surface area (Å²) in [5.41, 5.74) is 2.48. The highest BCUT2D eigenvalue weighted by Gasteiger charge is 2.34. The third-order valence-corrected chi connectivity index (χ3v) is 5.57. The van der Waals surface area contributed by atoms with Gasteiger partial charge in [0.1, 0.15) is 4.88 Å². The molecular weight excluding hydrogens is 348 g/mol. The van der Waals surface area contributed by atoms with E-state index in [1.54, 1.807) is 0 Å². The molecule has 4 rings (SSSR count). The van der Waals surface area contributed by atoms with Gasteiger partial charge in [0.2, 0.25) is 0 Å². The monoisotopic (exact) mass is 370 g/mol. The van der Waals surface area contributed by atoms with Crippen molar-refractivity contribution in [2.45, 2.75) is 57.7 Å². The van der Waals surface area contributed by atoms with Gasteiger partial charge in [0.05, 0.1) is 5.69 Å². The van der Waals surface area contributed by atoms with Crippen LogP contribution in [0.2, 0.25) is 0 Å². The fraction of sp³-hybridized carbons (Fsp3) is 0.474. The molecule has 2 aliphatic rings. The average Bonchev–Trinajstić information content (AvgIpc) is 3.59. The van der Waals surface area contributed by atoms with Crippen LogP contribution in [0.1, 0.15) is 63.9 Å². The maximum Gasteiger partial charge on any atom is 0.268 e. The number of carbonyl (C=O) groups is 2. The minimum atomic E-state index is -0.0162. The Morgan fingerprint density at radius 1 is 1.19 bits per heavy atom. The molecule has 2 saturated carbocycles. The smallest absolute Gasteiger partial charge is 0.268 e. The highest BCUT2D eigenvalue weighted by atomic mass is 32.1. The van der Waals surface area contributed by atoms with Crippen LogP contribution in [0.25, 0.3) is 0 Å². The fourth-order valence-corrected chi connectivity index (χ4v) is 3.65. The number of benzene rings is 1. The van der Waals surface area contributed by atoms with E-state index in [1.165, 1.54) is 11.5 Å². The molecule has 136 valence electrons. The number of aryl methyl sites for hydroxylation is 1. The Kier molecular flexibility index (Phi) is 4.72. The second kappa shape index (κ2) is 7.15. The first-order valence-corrected chi connectivity index (χ1v) is 9.95. The quantitative estimate of drug-likeness (QED) is 0.813. The van der Waals surface area contributed by atoms with Crippen molar-refractivity contribution in [2.24, 2.45) is 0 Å². The summed E-state index contributed by atoms with van der Waals surface area (Å²) in [5.74, 6) is 0.00685. The summed E-state index contributed by atoms with van der Waals surface area (Å²) in [7, 11) is 0. The first-order chi connectivity index (χ1) is 12.7. The first-order valence-electron chi connectivity index (χ1n) is 9.17. The Morgan fingerprint density at radius 2 is 1.92 bits per heavy atom. The van der Waals surface area contributed by atoms with Gasteiger partial charge in [-0.15, -0.1) is 5.10 Å². The van der Waals surface area contributed by atoms with Crippen LogP contribution in [0.5, 0.6) is 0 Å². The zero-order chi connectivity index (χ0) is 18.1. The topological polar surface area (TPSA) is 75.2 Å². The van der Waals surface area contributed by atoms with E-state index in [4.69, 9.17) is 0 Å². The van der Waals surface area contributed by atoms with E-state index in [9.17, 15) is 9.59 Å². The minimum Gasteiger partial charge on any atom is -0.349 e. The number of rotatable bonds is 7. The van der Waals surface area contributed by atoms with E-state index < -0.39 is 0 Å². The highest BCUT2D eigenvalue weighted by molar-refractivity contribution is 7.08. The number of nitrogens with one attached hydrogen (secondary N) is 1. The van der Waals surface area contributed by atoms with Gasteiger partial charge in [-0.05, 0) is 61.3 Å². The Hall–Kier alpha value is -2.28. The van der Waals surface area contributed by atoms with Crippen molar-refractivity contribution in [1.82, 2.24) is 19.8 Å². The number of amides is 2. The van der Waals surface area contributed by atoms with E-state index in [0.717, 1.165) is 36.9 Å². The molecule has 1 heterocycles. The number of hydrogen-bond donors (Lipinski definition) is 1. The molecule has 2 aromatic rings. The molecule has 0 atom stereocenters. The lowest BCUT2D eigenvalue weighted by atomic mass is 10.1.